The fourth-order valence-electron chi connectivity index (χ4n) is 6.14. The summed E-state index contributed by atoms with van der Waals surface area (Å²) in [5.74, 6) is 0.504. The standard InChI is InChI=1S/C20H27NO4/c1-21-6-5-19-12-20(24-7-8-25-20)11-17(22)18(19)16(21)9-13-3-4-14(23-2)10-15(13)19/h3-4,10,16-18,22H,5-9,11-12H2,1-2H3/t16-,17-,18?,19-/m1/s1. The molecule has 0 radical (unpaired) electrons. The normalized spacial score (nSPS) is 39.1. The van der Waals surface area contributed by atoms with E-state index in [0.29, 0.717) is 25.7 Å². The second-order valence-electron chi connectivity index (χ2n) is 8.26. The fraction of sp³-hybridized carbons (Fsp3) is 0.700. The predicted octanol–water partition coefficient (Wildman–Crippen LogP) is 1.71. The molecule has 1 unspecified atom stereocenters. The topological polar surface area (TPSA) is 51.2 Å². The highest BCUT2D eigenvalue weighted by Gasteiger charge is 2.63. The van der Waals surface area contributed by atoms with Gasteiger partial charge in [-0.15, -0.1) is 0 Å². The highest BCUT2D eigenvalue weighted by atomic mass is 16.7. The van der Waals surface area contributed by atoms with Crippen molar-refractivity contribution in [2.24, 2.45) is 5.92 Å². The molecule has 1 aromatic rings. The minimum absolute atomic E-state index is 0.0959. The van der Waals surface area contributed by atoms with E-state index < -0.39 is 11.9 Å². The van der Waals surface area contributed by atoms with Crippen molar-refractivity contribution in [3.05, 3.63) is 29.3 Å². The van der Waals surface area contributed by atoms with E-state index in [1.54, 1.807) is 7.11 Å². The zero-order chi connectivity index (χ0) is 17.2. The van der Waals surface area contributed by atoms with E-state index >= 15 is 0 Å². The van der Waals surface area contributed by atoms with E-state index in [0.717, 1.165) is 31.6 Å². The average Bonchev–Trinajstić information content (AvgIpc) is 3.05. The Labute approximate surface area is 148 Å². The highest BCUT2D eigenvalue weighted by molar-refractivity contribution is 5.46. The van der Waals surface area contributed by atoms with Gasteiger partial charge in [0.15, 0.2) is 5.79 Å². The van der Waals surface area contributed by atoms with Crippen molar-refractivity contribution in [2.45, 2.75) is 49.0 Å². The van der Waals surface area contributed by atoms with Gasteiger partial charge in [0, 0.05) is 30.2 Å². The molecular weight excluding hydrogens is 318 g/mol. The lowest BCUT2D eigenvalue weighted by atomic mass is 9.50. The summed E-state index contributed by atoms with van der Waals surface area (Å²) in [6, 6.07) is 6.85. The van der Waals surface area contributed by atoms with Crippen LogP contribution in [0, 0.1) is 5.92 Å². The number of methoxy groups -OCH3 is 1. The SMILES string of the molecule is COc1ccc2c(c1)[C@]13CCN(C)[C@H](C2)C1[C@H](O)CC1(C3)OCCO1. The van der Waals surface area contributed by atoms with Crippen molar-refractivity contribution in [3.8, 4) is 5.75 Å². The summed E-state index contributed by atoms with van der Waals surface area (Å²) in [6.45, 7) is 2.30. The largest absolute Gasteiger partial charge is 0.497 e. The van der Waals surface area contributed by atoms with Crippen LogP contribution < -0.4 is 4.74 Å². The van der Waals surface area contributed by atoms with Crippen LogP contribution in [0.3, 0.4) is 0 Å². The predicted molar refractivity (Wildman–Crippen MR) is 92.8 cm³/mol. The van der Waals surface area contributed by atoms with Crippen molar-refractivity contribution in [3.63, 3.8) is 0 Å². The Morgan fingerprint density at radius 2 is 2.08 bits per heavy atom. The molecule has 2 aliphatic carbocycles. The summed E-state index contributed by atoms with van der Waals surface area (Å²) in [5, 5.41) is 11.2. The van der Waals surface area contributed by atoms with Gasteiger partial charge in [-0.2, -0.15) is 0 Å². The van der Waals surface area contributed by atoms with Gasteiger partial charge in [-0.05, 0) is 49.7 Å². The van der Waals surface area contributed by atoms with Crippen LogP contribution in [0.4, 0.5) is 0 Å². The Kier molecular flexibility index (Phi) is 3.49. The van der Waals surface area contributed by atoms with Crippen molar-refractivity contribution >= 4 is 0 Å². The lowest BCUT2D eigenvalue weighted by molar-refractivity contribution is -0.240. The molecule has 3 fully saturated rings. The molecule has 5 heteroatoms. The molecule has 0 amide bonds. The molecular formula is C20H27NO4. The number of rotatable bonds is 1. The Morgan fingerprint density at radius 1 is 1.28 bits per heavy atom. The molecule has 1 spiro atoms. The molecule has 2 bridgehead atoms. The van der Waals surface area contributed by atoms with Gasteiger partial charge >= 0.3 is 0 Å². The quantitative estimate of drug-likeness (QED) is 0.840. The first kappa shape index (κ1) is 16.1. The molecule has 1 N–H and O–H groups in total. The molecule has 5 rings (SSSR count). The zero-order valence-corrected chi connectivity index (χ0v) is 15.0. The summed E-state index contributed by atoms with van der Waals surface area (Å²) < 4.78 is 17.6. The Balaban J connectivity index is 1.68. The van der Waals surface area contributed by atoms with Gasteiger partial charge in [0.25, 0.3) is 0 Å². The smallest absolute Gasteiger partial charge is 0.171 e. The summed E-state index contributed by atoms with van der Waals surface area (Å²) in [4.78, 5) is 2.44. The fourth-order valence-corrected chi connectivity index (χ4v) is 6.14. The van der Waals surface area contributed by atoms with Gasteiger partial charge in [0.1, 0.15) is 5.75 Å². The highest BCUT2D eigenvalue weighted by Crippen LogP contribution is 2.59. The third-order valence-corrected chi connectivity index (χ3v) is 7.14. The maximum Gasteiger partial charge on any atom is 0.171 e. The van der Waals surface area contributed by atoms with Crippen LogP contribution in [0.5, 0.6) is 5.75 Å². The molecule has 1 aromatic carbocycles. The third kappa shape index (κ3) is 2.16. The summed E-state index contributed by atoms with van der Waals surface area (Å²) in [5.41, 5.74) is 2.63. The van der Waals surface area contributed by atoms with E-state index in [9.17, 15) is 5.11 Å². The van der Waals surface area contributed by atoms with Crippen LogP contribution in [0.25, 0.3) is 0 Å². The maximum absolute atomic E-state index is 11.2. The van der Waals surface area contributed by atoms with E-state index in [1.165, 1.54) is 11.1 Å². The van der Waals surface area contributed by atoms with E-state index in [4.69, 9.17) is 14.2 Å². The maximum atomic E-state index is 11.2. The second-order valence-corrected chi connectivity index (χ2v) is 8.26. The molecule has 0 aromatic heterocycles. The van der Waals surface area contributed by atoms with Crippen LogP contribution in [0.2, 0.25) is 0 Å². The minimum atomic E-state index is -0.617. The summed E-state index contributed by atoms with van der Waals surface area (Å²) in [6.07, 6.45) is 3.04. The lowest BCUT2D eigenvalue weighted by Gasteiger charge is -2.62. The Morgan fingerprint density at radius 3 is 2.84 bits per heavy atom. The van der Waals surface area contributed by atoms with Gasteiger partial charge in [0.2, 0.25) is 0 Å². The van der Waals surface area contributed by atoms with Gasteiger partial charge in [-0.1, -0.05) is 6.07 Å². The number of ether oxygens (including phenoxy) is 3. The first-order valence-electron chi connectivity index (χ1n) is 9.41. The van der Waals surface area contributed by atoms with Crippen LogP contribution in [0.15, 0.2) is 18.2 Å². The van der Waals surface area contributed by atoms with E-state index in [-0.39, 0.29) is 11.3 Å². The summed E-state index contributed by atoms with van der Waals surface area (Å²) in [7, 11) is 3.92. The number of likely N-dealkylation sites (N-methyl/N-ethyl adjacent to an activating group) is 1. The Hall–Kier alpha value is -1.14. The monoisotopic (exact) mass is 345 g/mol. The van der Waals surface area contributed by atoms with Gasteiger partial charge in [0.05, 0.1) is 26.4 Å². The van der Waals surface area contributed by atoms with Gasteiger partial charge < -0.3 is 24.2 Å². The first-order valence-corrected chi connectivity index (χ1v) is 9.41. The molecule has 2 aliphatic heterocycles. The molecule has 136 valence electrons. The molecule has 25 heavy (non-hydrogen) atoms. The van der Waals surface area contributed by atoms with Crippen LogP contribution in [0.1, 0.15) is 30.4 Å². The number of benzene rings is 1. The number of nitrogens with zero attached hydrogens (tertiary/aromatic N) is 1. The van der Waals surface area contributed by atoms with Crippen LogP contribution in [-0.4, -0.2) is 61.9 Å². The number of likely N-dealkylation sites (tertiary alicyclic amines) is 1. The zero-order valence-electron chi connectivity index (χ0n) is 15.0. The van der Waals surface area contributed by atoms with Gasteiger partial charge in [-0.25, -0.2) is 0 Å². The molecule has 5 nitrogen and oxygen atoms in total. The molecule has 1 saturated carbocycles. The summed E-state index contributed by atoms with van der Waals surface area (Å²) >= 11 is 0. The first-order chi connectivity index (χ1) is 12.1. The van der Waals surface area contributed by atoms with E-state index in [1.807, 2.05) is 0 Å². The third-order valence-electron chi connectivity index (χ3n) is 7.14. The number of aliphatic hydroxyl groups is 1. The number of aliphatic hydroxyl groups excluding tert-OH is 1. The van der Waals surface area contributed by atoms with Crippen molar-refractivity contribution in [1.29, 1.82) is 0 Å². The molecule has 4 aliphatic rings. The second kappa shape index (κ2) is 5.43. The van der Waals surface area contributed by atoms with E-state index in [2.05, 4.69) is 30.1 Å². The molecule has 2 saturated heterocycles. The number of hydrogen-bond acceptors (Lipinski definition) is 5. The van der Waals surface area contributed by atoms with Gasteiger partial charge in [-0.3, -0.25) is 0 Å². The van der Waals surface area contributed by atoms with Crippen molar-refractivity contribution in [2.75, 3.05) is 33.9 Å². The number of hydrogen-bond donors (Lipinski definition) is 1. The average molecular weight is 345 g/mol. The molecule has 2 heterocycles. The van der Waals surface area contributed by atoms with Crippen LogP contribution in [-0.2, 0) is 21.3 Å². The van der Waals surface area contributed by atoms with Crippen LogP contribution >= 0.6 is 0 Å². The van der Waals surface area contributed by atoms with Crippen molar-refractivity contribution in [1.82, 2.24) is 4.90 Å². The number of piperidine rings is 1. The lowest BCUT2D eigenvalue weighted by Crippen LogP contribution is -2.67. The van der Waals surface area contributed by atoms with Crippen molar-refractivity contribution < 1.29 is 19.3 Å². The minimum Gasteiger partial charge on any atom is -0.497 e. The number of fused-ring (bicyclic) bond motifs is 1. The Bertz CT molecular complexity index is 686. The molecule has 4 atom stereocenters.